The Labute approximate surface area is 79.1 Å². The molecule has 12 heavy (non-hydrogen) atoms. The van der Waals surface area contributed by atoms with Crippen LogP contribution in [0.3, 0.4) is 0 Å². The molecule has 0 saturated carbocycles. The van der Waals surface area contributed by atoms with E-state index >= 15 is 0 Å². The Bertz CT molecular complexity index is 144. The summed E-state index contributed by atoms with van der Waals surface area (Å²) in [6.45, 7) is 12.5. The highest BCUT2D eigenvalue weighted by Gasteiger charge is 2.14. The summed E-state index contributed by atoms with van der Waals surface area (Å²) in [6, 6.07) is 0. The minimum absolute atomic E-state index is 0.295. The summed E-state index contributed by atoms with van der Waals surface area (Å²) in [5.74, 6) is 0. The molecular formula is C10H23NSi. The molecule has 0 N–H and O–H groups in total. The summed E-state index contributed by atoms with van der Waals surface area (Å²) < 4.78 is 0. The molecular weight excluding hydrogens is 162 g/mol. The van der Waals surface area contributed by atoms with Gasteiger partial charge in [0, 0.05) is 12.1 Å². The fourth-order valence-electron chi connectivity index (χ4n) is 0.765. The standard InChI is InChI=1S/C10H23NSi/c1-10(2,3)11(4)8-7-9-12(5)6/h7,9,12H,8H2,1-6H3. The van der Waals surface area contributed by atoms with Gasteiger partial charge < -0.3 is 0 Å². The molecule has 0 aromatic rings. The lowest BCUT2D eigenvalue weighted by Gasteiger charge is -2.30. The maximum atomic E-state index is 2.39. The third-order valence-corrected chi connectivity index (χ3v) is 3.09. The van der Waals surface area contributed by atoms with Crippen LogP contribution < -0.4 is 0 Å². The first-order chi connectivity index (χ1) is 5.34. The molecule has 0 fully saturated rings. The van der Waals surface area contributed by atoms with Crippen molar-refractivity contribution in [3.05, 3.63) is 11.8 Å². The van der Waals surface area contributed by atoms with E-state index in [-0.39, 0.29) is 0 Å². The van der Waals surface area contributed by atoms with Crippen LogP contribution in [0.25, 0.3) is 0 Å². The van der Waals surface area contributed by atoms with Gasteiger partial charge in [-0.3, -0.25) is 4.90 Å². The maximum Gasteiger partial charge on any atom is 0.0550 e. The monoisotopic (exact) mass is 185 g/mol. The van der Waals surface area contributed by atoms with Crippen LogP contribution in [0.15, 0.2) is 11.8 Å². The van der Waals surface area contributed by atoms with E-state index in [2.05, 4.69) is 57.6 Å². The van der Waals surface area contributed by atoms with Crippen LogP contribution in [0.5, 0.6) is 0 Å². The van der Waals surface area contributed by atoms with E-state index < -0.39 is 8.80 Å². The first-order valence-corrected chi connectivity index (χ1v) is 7.69. The molecule has 2 heteroatoms. The number of hydrogen-bond donors (Lipinski definition) is 0. The fourth-order valence-corrected chi connectivity index (χ4v) is 1.43. The van der Waals surface area contributed by atoms with Gasteiger partial charge in [0.15, 0.2) is 0 Å². The summed E-state index contributed by atoms with van der Waals surface area (Å²) in [5.41, 5.74) is 2.69. The van der Waals surface area contributed by atoms with Crippen LogP contribution in [0.2, 0.25) is 13.1 Å². The Balaban J connectivity index is 3.79. The SMILES string of the molecule is CN(CC=C[SiH](C)C)C(C)(C)C. The summed E-state index contributed by atoms with van der Waals surface area (Å²) in [4.78, 5) is 2.36. The molecule has 0 aliphatic heterocycles. The summed E-state index contributed by atoms with van der Waals surface area (Å²) in [6.07, 6.45) is 2.31. The Hall–Kier alpha value is -0.0831. The Kier molecular flexibility index (Phi) is 4.79. The van der Waals surface area contributed by atoms with Crippen LogP contribution in [0, 0.1) is 0 Å². The molecule has 72 valence electrons. The lowest BCUT2D eigenvalue weighted by molar-refractivity contribution is 0.195. The van der Waals surface area contributed by atoms with Gasteiger partial charge in [0.25, 0.3) is 0 Å². The molecule has 0 aromatic heterocycles. The third kappa shape index (κ3) is 5.55. The molecule has 0 bridgehead atoms. The lowest BCUT2D eigenvalue weighted by atomic mass is 10.1. The van der Waals surface area contributed by atoms with Crippen LogP contribution in [-0.2, 0) is 0 Å². The smallest absolute Gasteiger partial charge is 0.0550 e. The second-order valence-electron chi connectivity index (χ2n) is 4.72. The minimum Gasteiger partial charge on any atom is -0.298 e. The van der Waals surface area contributed by atoms with Gasteiger partial charge in [-0.05, 0) is 27.8 Å². The largest absolute Gasteiger partial charge is 0.298 e. The molecule has 0 aliphatic rings. The highest BCUT2D eigenvalue weighted by Crippen LogP contribution is 2.09. The van der Waals surface area contributed by atoms with Gasteiger partial charge in [0.05, 0.1) is 8.80 Å². The van der Waals surface area contributed by atoms with Crippen molar-refractivity contribution in [1.29, 1.82) is 0 Å². The van der Waals surface area contributed by atoms with Crippen LogP contribution in [0.1, 0.15) is 20.8 Å². The van der Waals surface area contributed by atoms with Crippen molar-refractivity contribution < 1.29 is 0 Å². The average molecular weight is 185 g/mol. The molecule has 0 aliphatic carbocycles. The van der Waals surface area contributed by atoms with Crippen molar-refractivity contribution in [2.75, 3.05) is 13.6 Å². The van der Waals surface area contributed by atoms with Crippen molar-refractivity contribution in [1.82, 2.24) is 4.90 Å². The average Bonchev–Trinajstić information content (AvgIpc) is 1.84. The topological polar surface area (TPSA) is 3.24 Å². The molecule has 0 rings (SSSR count). The Morgan fingerprint density at radius 1 is 1.25 bits per heavy atom. The molecule has 0 aromatic carbocycles. The van der Waals surface area contributed by atoms with E-state index in [4.69, 9.17) is 0 Å². The molecule has 0 amide bonds. The zero-order chi connectivity index (χ0) is 9.78. The van der Waals surface area contributed by atoms with Crippen molar-refractivity contribution in [2.45, 2.75) is 39.4 Å². The van der Waals surface area contributed by atoms with E-state index in [1.165, 1.54) is 0 Å². The van der Waals surface area contributed by atoms with E-state index in [1.807, 2.05) is 0 Å². The zero-order valence-electron chi connectivity index (χ0n) is 9.39. The third-order valence-electron chi connectivity index (χ3n) is 2.05. The number of rotatable bonds is 3. The predicted molar refractivity (Wildman–Crippen MR) is 60.4 cm³/mol. The second-order valence-corrected chi connectivity index (χ2v) is 7.60. The second kappa shape index (κ2) is 4.82. The van der Waals surface area contributed by atoms with E-state index in [1.54, 1.807) is 0 Å². The zero-order valence-corrected chi connectivity index (χ0v) is 10.5. The van der Waals surface area contributed by atoms with Crippen molar-refractivity contribution in [3.63, 3.8) is 0 Å². The number of nitrogens with zero attached hydrogens (tertiary/aromatic N) is 1. The molecule has 0 spiro atoms. The highest BCUT2D eigenvalue weighted by molar-refractivity contribution is 6.61. The highest BCUT2D eigenvalue weighted by atomic mass is 28.3. The van der Waals surface area contributed by atoms with Gasteiger partial charge in [-0.15, -0.1) is 5.70 Å². The van der Waals surface area contributed by atoms with Gasteiger partial charge in [-0.25, -0.2) is 0 Å². The first-order valence-electron chi connectivity index (χ1n) is 4.72. The molecule has 0 unspecified atom stereocenters. The maximum absolute atomic E-state index is 2.39. The van der Waals surface area contributed by atoms with Crippen LogP contribution in [-0.4, -0.2) is 32.8 Å². The van der Waals surface area contributed by atoms with Crippen molar-refractivity contribution in [2.24, 2.45) is 0 Å². The quantitative estimate of drug-likeness (QED) is 0.610. The lowest BCUT2D eigenvalue weighted by Crippen LogP contribution is -2.38. The van der Waals surface area contributed by atoms with Gasteiger partial charge in [0.2, 0.25) is 0 Å². The van der Waals surface area contributed by atoms with Gasteiger partial charge in [0.1, 0.15) is 0 Å². The van der Waals surface area contributed by atoms with Crippen molar-refractivity contribution >= 4 is 8.80 Å². The van der Waals surface area contributed by atoms with Gasteiger partial charge >= 0.3 is 0 Å². The first kappa shape index (κ1) is 11.9. The van der Waals surface area contributed by atoms with E-state index in [0.29, 0.717) is 5.54 Å². The minimum atomic E-state index is -0.491. The molecule has 0 atom stereocenters. The normalized spacial score (nSPS) is 13.7. The summed E-state index contributed by atoms with van der Waals surface area (Å²) >= 11 is 0. The number of likely N-dealkylation sites (N-methyl/N-ethyl adjacent to an activating group) is 1. The molecule has 1 nitrogen and oxygen atoms in total. The van der Waals surface area contributed by atoms with Gasteiger partial charge in [-0.2, -0.15) is 0 Å². The molecule has 0 heterocycles. The summed E-state index contributed by atoms with van der Waals surface area (Å²) in [7, 11) is 1.68. The van der Waals surface area contributed by atoms with E-state index in [0.717, 1.165) is 6.54 Å². The Morgan fingerprint density at radius 2 is 1.75 bits per heavy atom. The van der Waals surface area contributed by atoms with Crippen LogP contribution in [0.4, 0.5) is 0 Å². The van der Waals surface area contributed by atoms with Crippen LogP contribution >= 0.6 is 0 Å². The number of hydrogen-bond acceptors (Lipinski definition) is 1. The Morgan fingerprint density at radius 3 is 2.08 bits per heavy atom. The van der Waals surface area contributed by atoms with Gasteiger partial charge in [-0.1, -0.05) is 19.2 Å². The predicted octanol–water partition coefficient (Wildman–Crippen LogP) is 2.30. The summed E-state index contributed by atoms with van der Waals surface area (Å²) in [5, 5.41) is 0. The van der Waals surface area contributed by atoms with E-state index in [9.17, 15) is 0 Å². The molecule has 0 saturated heterocycles. The van der Waals surface area contributed by atoms with Crippen molar-refractivity contribution in [3.8, 4) is 0 Å². The fraction of sp³-hybridized carbons (Fsp3) is 0.800. The molecule has 0 radical (unpaired) electrons.